The summed E-state index contributed by atoms with van der Waals surface area (Å²) in [5, 5.41) is 0. The highest BCUT2D eigenvalue weighted by molar-refractivity contribution is 6.10. The van der Waals surface area contributed by atoms with Crippen LogP contribution in [0.4, 0.5) is 0 Å². The number of aryl methyl sites for hydroxylation is 2. The van der Waals surface area contributed by atoms with E-state index < -0.39 is 5.97 Å². The van der Waals surface area contributed by atoms with Gasteiger partial charge in [-0.25, -0.2) is 4.79 Å². The summed E-state index contributed by atoms with van der Waals surface area (Å²) < 4.78 is 16.1. The first kappa shape index (κ1) is 21.4. The third-order valence-electron chi connectivity index (χ3n) is 4.10. The average molecular weight is 382 g/mol. The summed E-state index contributed by atoms with van der Waals surface area (Å²) in [6.45, 7) is 10.1. The lowest BCUT2D eigenvalue weighted by molar-refractivity contribution is -0.140. The van der Waals surface area contributed by atoms with Crippen LogP contribution in [0.15, 0.2) is 54.6 Å². The van der Waals surface area contributed by atoms with Gasteiger partial charge in [-0.2, -0.15) is 0 Å². The van der Waals surface area contributed by atoms with Crippen molar-refractivity contribution in [3.05, 3.63) is 76.9 Å². The zero-order valence-corrected chi connectivity index (χ0v) is 16.6. The minimum absolute atomic E-state index is 0.000362. The first-order valence-corrected chi connectivity index (χ1v) is 9.14. The van der Waals surface area contributed by atoms with Crippen molar-refractivity contribution in [1.29, 1.82) is 0 Å². The summed E-state index contributed by atoms with van der Waals surface area (Å²) in [5.74, 6) is 0.302. The van der Waals surface area contributed by atoms with Gasteiger partial charge in [0.2, 0.25) is 0 Å². The molecule has 0 saturated carbocycles. The molecule has 0 radical (unpaired) electrons. The Kier molecular flexibility index (Phi) is 7.96. The van der Waals surface area contributed by atoms with Gasteiger partial charge >= 0.3 is 5.97 Å². The van der Waals surface area contributed by atoms with Crippen LogP contribution in [0.5, 0.6) is 5.75 Å². The van der Waals surface area contributed by atoms with E-state index in [-0.39, 0.29) is 12.4 Å². The van der Waals surface area contributed by atoms with Gasteiger partial charge in [0.25, 0.3) is 0 Å². The van der Waals surface area contributed by atoms with E-state index in [0.717, 1.165) is 16.9 Å². The number of hydrogen-bond donors (Lipinski definition) is 0. The zero-order chi connectivity index (χ0) is 20.5. The number of carbonyl (C=O) groups is 2. The maximum atomic E-state index is 12.7. The van der Waals surface area contributed by atoms with Crippen LogP contribution < -0.4 is 4.74 Å². The maximum absolute atomic E-state index is 12.7. The van der Waals surface area contributed by atoms with Crippen LogP contribution in [-0.4, -0.2) is 38.2 Å². The topological polar surface area (TPSA) is 61.8 Å². The van der Waals surface area contributed by atoms with E-state index in [1.165, 1.54) is 0 Å². The van der Waals surface area contributed by atoms with Gasteiger partial charge in [0.1, 0.15) is 19.0 Å². The number of hydrogen-bond acceptors (Lipinski definition) is 5. The molecular formula is C23H26O5. The fourth-order valence-corrected chi connectivity index (χ4v) is 2.56. The van der Waals surface area contributed by atoms with Crippen molar-refractivity contribution in [2.75, 3.05) is 26.4 Å². The number of benzene rings is 2. The Bertz CT molecular complexity index is 840. The zero-order valence-electron chi connectivity index (χ0n) is 16.6. The van der Waals surface area contributed by atoms with Crippen LogP contribution in [0.3, 0.4) is 0 Å². The molecule has 2 rings (SSSR count). The van der Waals surface area contributed by atoms with Crippen molar-refractivity contribution in [3.8, 4) is 5.75 Å². The number of carbonyl (C=O) groups excluding carboxylic acids is 2. The van der Waals surface area contributed by atoms with E-state index in [9.17, 15) is 9.59 Å². The highest BCUT2D eigenvalue weighted by atomic mass is 16.6. The fourth-order valence-electron chi connectivity index (χ4n) is 2.56. The molecule has 0 aliphatic carbocycles. The summed E-state index contributed by atoms with van der Waals surface area (Å²) in [5.41, 5.74) is 3.46. The second-order valence-electron chi connectivity index (χ2n) is 6.50. The molecule has 2 aromatic rings. The van der Waals surface area contributed by atoms with E-state index in [0.29, 0.717) is 36.5 Å². The van der Waals surface area contributed by atoms with Crippen LogP contribution in [-0.2, 0) is 14.3 Å². The van der Waals surface area contributed by atoms with E-state index in [4.69, 9.17) is 14.2 Å². The molecule has 5 nitrogen and oxygen atoms in total. The third kappa shape index (κ3) is 6.06. The lowest BCUT2D eigenvalue weighted by Gasteiger charge is -2.13. The summed E-state index contributed by atoms with van der Waals surface area (Å²) in [6, 6.07) is 13.0. The lowest BCUT2D eigenvalue weighted by atomic mass is 9.97. The van der Waals surface area contributed by atoms with Gasteiger partial charge in [-0.05, 0) is 44.0 Å². The normalized spacial score (nSPS) is 10.4. The highest BCUT2D eigenvalue weighted by Crippen LogP contribution is 2.24. The van der Waals surface area contributed by atoms with E-state index >= 15 is 0 Å². The van der Waals surface area contributed by atoms with Crippen LogP contribution in [0.2, 0.25) is 0 Å². The molecule has 0 spiro atoms. The number of ketones is 1. The molecule has 0 aromatic heterocycles. The monoisotopic (exact) mass is 382 g/mol. The summed E-state index contributed by atoms with van der Waals surface area (Å²) in [7, 11) is 0. The summed E-state index contributed by atoms with van der Waals surface area (Å²) in [6.07, 6.45) is 0. The van der Waals surface area contributed by atoms with E-state index in [2.05, 4.69) is 6.58 Å². The Morgan fingerprint density at radius 2 is 1.61 bits per heavy atom. The molecule has 0 aliphatic heterocycles. The Hall–Kier alpha value is -2.92. The van der Waals surface area contributed by atoms with Crippen LogP contribution in [0, 0.1) is 13.8 Å². The molecule has 0 unspecified atom stereocenters. The standard InChI is InChI=1S/C23H26O5/c1-16(2)23(25)28-13-11-26-10-12-27-21-15-17(3)20(14-18(21)4)22(24)19-8-6-5-7-9-19/h5-9,14-15H,1,10-13H2,2-4H3. The van der Waals surface area contributed by atoms with Crippen molar-refractivity contribution in [2.24, 2.45) is 0 Å². The van der Waals surface area contributed by atoms with Crippen molar-refractivity contribution < 1.29 is 23.8 Å². The highest BCUT2D eigenvalue weighted by Gasteiger charge is 2.14. The average Bonchev–Trinajstić information content (AvgIpc) is 2.69. The van der Waals surface area contributed by atoms with Crippen LogP contribution in [0.1, 0.15) is 34.0 Å². The molecule has 5 heteroatoms. The Morgan fingerprint density at radius 1 is 0.929 bits per heavy atom. The maximum Gasteiger partial charge on any atom is 0.333 e. The lowest BCUT2D eigenvalue weighted by Crippen LogP contribution is -2.14. The SMILES string of the molecule is C=C(C)C(=O)OCCOCCOc1cc(C)c(C(=O)c2ccccc2)cc1C. The molecule has 28 heavy (non-hydrogen) atoms. The van der Waals surface area contributed by atoms with Crippen LogP contribution in [0.25, 0.3) is 0 Å². The quantitative estimate of drug-likeness (QED) is 0.268. The van der Waals surface area contributed by atoms with Gasteiger partial charge < -0.3 is 14.2 Å². The number of ether oxygens (including phenoxy) is 3. The fraction of sp³-hybridized carbons (Fsp3) is 0.304. The second-order valence-corrected chi connectivity index (χ2v) is 6.50. The van der Waals surface area contributed by atoms with Crippen LogP contribution >= 0.6 is 0 Å². The molecule has 0 amide bonds. The summed E-state index contributed by atoms with van der Waals surface area (Å²) >= 11 is 0. The van der Waals surface area contributed by atoms with Crippen molar-refractivity contribution in [3.63, 3.8) is 0 Å². The van der Waals surface area contributed by atoms with Gasteiger partial charge in [-0.1, -0.05) is 36.9 Å². The van der Waals surface area contributed by atoms with Gasteiger partial charge in [0.05, 0.1) is 13.2 Å². The predicted octanol–water partition coefficient (Wildman–Crippen LogP) is 4.05. The van der Waals surface area contributed by atoms with E-state index in [1.54, 1.807) is 6.92 Å². The van der Waals surface area contributed by atoms with E-state index in [1.807, 2.05) is 56.3 Å². The first-order valence-electron chi connectivity index (χ1n) is 9.14. The largest absolute Gasteiger partial charge is 0.491 e. The molecule has 0 N–H and O–H groups in total. The molecule has 148 valence electrons. The molecule has 0 saturated heterocycles. The third-order valence-corrected chi connectivity index (χ3v) is 4.10. The molecule has 0 atom stereocenters. The molecule has 2 aromatic carbocycles. The van der Waals surface area contributed by atoms with Gasteiger partial charge in [-0.15, -0.1) is 0 Å². The van der Waals surface area contributed by atoms with Gasteiger partial charge in [0, 0.05) is 16.7 Å². The number of rotatable bonds is 10. The predicted molar refractivity (Wildman–Crippen MR) is 108 cm³/mol. The number of esters is 1. The van der Waals surface area contributed by atoms with Gasteiger partial charge in [0.15, 0.2) is 5.78 Å². The smallest absolute Gasteiger partial charge is 0.333 e. The molecule has 0 aliphatic rings. The minimum Gasteiger partial charge on any atom is -0.491 e. The second kappa shape index (κ2) is 10.4. The molecular weight excluding hydrogens is 356 g/mol. The van der Waals surface area contributed by atoms with Crippen molar-refractivity contribution in [2.45, 2.75) is 20.8 Å². The Labute approximate surface area is 165 Å². The van der Waals surface area contributed by atoms with Gasteiger partial charge in [-0.3, -0.25) is 4.79 Å². The summed E-state index contributed by atoms with van der Waals surface area (Å²) in [4.78, 5) is 23.9. The minimum atomic E-state index is -0.420. The molecule has 0 bridgehead atoms. The molecule has 0 heterocycles. The molecule has 0 fully saturated rings. The van der Waals surface area contributed by atoms with Crippen molar-refractivity contribution in [1.82, 2.24) is 0 Å². The Morgan fingerprint density at radius 3 is 2.29 bits per heavy atom. The Balaban J connectivity index is 1.83. The van der Waals surface area contributed by atoms with Crippen molar-refractivity contribution >= 4 is 11.8 Å². The first-order chi connectivity index (χ1) is 13.4.